The van der Waals surface area contributed by atoms with Gasteiger partial charge in [0.2, 0.25) is 0 Å². The van der Waals surface area contributed by atoms with Crippen molar-refractivity contribution >= 4 is 6.29 Å². The fourth-order valence-electron chi connectivity index (χ4n) is 2.25. The summed E-state index contributed by atoms with van der Waals surface area (Å²) >= 11 is 0. The molecular formula is C14H14O5. The summed E-state index contributed by atoms with van der Waals surface area (Å²) in [5.74, 6) is 0. The third-order valence-corrected chi connectivity index (χ3v) is 3.30. The average Bonchev–Trinajstić information content (AvgIpc) is 2.48. The monoisotopic (exact) mass is 262 g/mol. The molecule has 0 amide bonds. The van der Waals surface area contributed by atoms with Gasteiger partial charge in [0.05, 0.1) is 18.4 Å². The Hall–Kier alpha value is -1.69. The van der Waals surface area contributed by atoms with Gasteiger partial charge in [0.15, 0.2) is 18.7 Å². The van der Waals surface area contributed by atoms with Crippen molar-refractivity contribution in [1.29, 1.82) is 0 Å². The number of rotatable bonds is 2. The number of aliphatic hydroxyl groups excluding tert-OH is 1. The number of hydrogen-bond donors (Lipinski definition) is 1. The van der Waals surface area contributed by atoms with Gasteiger partial charge in [-0.3, -0.25) is 4.79 Å². The molecule has 1 aromatic rings. The van der Waals surface area contributed by atoms with Crippen LogP contribution in [0.1, 0.15) is 11.9 Å². The third-order valence-electron chi connectivity index (χ3n) is 3.30. The van der Waals surface area contributed by atoms with Gasteiger partial charge in [0.25, 0.3) is 0 Å². The zero-order chi connectivity index (χ0) is 13.2. The topological polar surface area (TPSA) is 65.0 Å². The molecule has 1 N–H and O–H groups in total. The number of aliphatic hydroxyl groups is 1. The van der Waals surface area contributed by atoms with Crippen LogP contribution in [0.2, 0.25) is 0 Å². The van der Waals surface area contributed by atoms with Crippen molar-refractivity contribution in [2.45, 2.75) is 24.6 Å². The summed E-state index contributed by atoms with van der Waals surface area (Å²) in [6, 6.07) is 9.45. The van der Waals surface area contributed by atoms with Crippen LogP contribution in [0.25, 0.3) is 0 Å². The van der Waals surface area contributed by atoms with Gasteiger partial charge in [-0.25, -0.2) is 0 Å². The fourth-order valence-corrected chi connectivity index (χ4v) is 2.25. The van der Waals surface area contributed by atoms with Gasteiger partial charge < -0.3 is 19.3 Å². The number of benzene rings is 1. The smallest absolute Gasteiger partial charge is 0.184 e. The Morgan fingerprint density at radius 2 is 2.05 bits per heavy atom. The zero-order valence-electron chi connectivity index (χ0n) is 10.1. The minimum absolute atomic E-state index is 0.190. The Bertz CT molecular complexity index is 484. The molecular weight excluding hydrogens is 248 g/mol. The van der Waals surface area contributed by atoms with Crippen molar-refractivity contribution in [2.75, 3.05) is 6.61 Å². The third kappa shape index (κ3) is 2.28. The van der Waals surface area contributed by atoms with E-state index in [1.807, 2.05) is 30.3 Å². The Morgan fingerprint density at radius 1 is 1.26 bits per heavy atom. The van der Waals surface area contributed by atoms with Crippen LogP contribution in [0.4, 0.5) is 0 Å². The normalized spacial score (nSPS) is 33.8. The Balaban J connectivity index is 1.79. The van der Waals surface area contributed by atoms with E-state index in [0.29, 0.717) is 12.9 Å². The van der Waals surface area contributed by atoms with Gasteiger partial charge in [-0.1, -0.05) is 30.3 Å². The number of carbonyl (C=O) groups excluding carboxylic acids is 1. The van der Waals surface area contributed by atoms with Gasteiger partial charge >= 0.3 is 0 Å². The van der Waals surface area contributed by atoms with Crippen LogP contribution in [0.3, 0.4) is 0 Å². The molecule has 0 spiro atoms. The molecule has 0 aromatic heterocycles. The molecule has 0 saturated carbocycles. The lowest BCUT2D eigenvalue weighted by molar-refractivity contribution is -0.277. The first-order valence-electron chi connectivity index (χ1n) is 6.10. The maximum Gasteiger partial charge on any atom is 0.184 e. The number of carbonyl (C=O) groups is 1. The molecule has 0 radical (unpaired) electrons. The summed E-state index contributed by atoms with van der Waals surface area (Å²) < 4.78 is 16.6. The summed E-state index contributed by atoms with van der Waals surface area (Å²) in [7, 11) is 0. The second-order valence-electron chi connectivity index (χ2n) is 4.53. The first-order chi connectivity index (χ1) is 9.29. The molecule has 1 saturated heterocycles. The summed E-state index contributed by atoms with van der Waals surface area (Å²) in [4.78, 5) is 10.8. The largest absolute Gasteiger partial charge is 0.492 e. The van der Waals surface area contributed by atoms with Crippen molar-refractivity contribution in [2.24, 2.45) is 0 Å². The molecule has 4 atom stereocenters. The van der Waals surface area contributed by atoms with E-state index in [-0.39, 0.29) is 5.57 Å². The number of aldehydes is 1. The SMILES string of the molecule is O=CC1=CO[C@@H]2COC(c3ccccc3)O[C@H]2[C@H]1O. The highest BCUT2D eigenvalue weighted by molar-refractivity contribution is 5.74. The Labute approximate surface area is 110 Å². The van der Waals surface area contributed by atoms with E-state index in [4.69, 9.17) is 14.2 Å². The van der Waals surface area contributed by atoms with Crippen LogP contribution in [0.5, 0.6) is 0 Å². The average molecular weight is 262 g/mol. The fraction of sp³-hybridized carbons (Fsp3) is 0.357. The van der Waals surface area contributed by atoms with Crippen molar-refractivity contribution in [1.82, 2.24) is 0 Å². The summed E-state index contributed by atoms with van der Waals surface area (Å²) in [6.45, 7) is 0.309. The quantitative estimate of drug-likeness (QED) is 0.804. The van der Waals surface area contributed by atoms with Crippen LogP contribution in [-0.2, 0) is 19.0 Å². The van der Waals surface area contributed by atoms with Gasteiger partial charge in [-0.2, -0.15) is 0 Å². The predicted octanol–water partition coefficient (Wildman–Crippen LogP) is 0.943. The van der Waals surface area contributed by atoms with Crippen molar-refractivity contribution in [3.63, 3.8) is 0 Å². The minimum Gasteiger partial charge on any atom is -0.492 e. The minimum atomic E-state index is -0.980. The van der Waals surface area contributed by atoms with Crippen LogP contribution >= 0.6 is 0 Å². The molecule has 1 unspecified atom stereocenters. The maximum absolute atomic E-state index is 10.8. The molecule has 0 aliphatic carbocycles. The standard InChI is InChI=1S/C14H14O5/c15-6-10-7-17-11-8-18-14(19-13(11)12(10)16)9-4-2-1-3-5-9/h1-7,11-14,16H,8H2/t11-,12+,13-,14?/m1/s1. The van der Waals surface area contributed by atoms with Crippen LogP contribution in [0.15, 0.2) is 42.2 Å². The van der Waals surface area contributed by atoms with E-state index in [9.17, 15) is 9.90 Å². The van der Waals surface area contributed by atoms with Gasteiger partial charge in [0.1, 0.15) is 12.2 Å². The van der Waals surface area contributed by atoms with E-state index in [0.717, 1.165) is 5.56 Å². The Morgan fingerprint density at radius 3 is 2.79 bits per heavy atom. The molecule has 5 nitrogen and oxygen atoms in total. The lowest BCUT2D eigenvalue weighted by Gasteiger charge is -2.40. The maximum atomic E-state index is 10.8. The van der Waals surface area contributed by atoms with E-state index < -0.39 is 24.6 Å². The van der Waals surface area contributed by atoms with Crippen LogP contribution in [0, 0.1) is 0 Å². The second-order valence-corrected chi connectivity index (χ2v) is 4.53. The number of hydrogen-bond acceptors (Lipinski definition) is 5. The highest BCUT2D eigenvalue weighted by atomic mass is 16.7. The van der Waals surface area contributed by atoms with E-state index >= 15 is 0 Å². The lowest BCUT2D eigenvalue weighted by Crippen LogP contribution is -2.51. The molecule has 0 bridgehead atoms. The Kier molecular flexibility index (Phi) is 3.33. The van der Waals surface area contributed by atoms with Crippen LogP contribution < -0.4 is 0 Å². The highest BCUT2D eigenvalue weighted by Gasteiger charge is 2.42. The molecule has 19 heavy (non-hydrogen) atoms. The van der Waals surface area contributed by atoms with E-state index in [1.165, 1.54) is 6.26 Å². The molecule has 1 aromatic carbocycles. The molecule has 2 aliphatic heterocycles. The zero-order valence-corrected chi connectivity index (χ0v) is 10.1. The van der Waals surface area contributed by atoms with Crippen molar-refractivity contribution < 1.29 is 24.1 Å². The first kappa shape index (κ1) is 12.3. The van der Waals surface area contributed by atoms with E-state index in [1.54, 1.807) is 0 Å². The molecule has 3 rings (SSSR count). The van der Waals surface area contributed by atoms with Gasteiger partial charge in [-0.15, -0.1) is 0 Å². The number of fused-ring (bicyclic) bond motifs is 1. The van der Waals surface area contributed by atoms with Crippen molar-refractivity contribution in [3.8, 4) is 0 Å². The lowest BCUT2D eigenvalue weighted by atomic mass is 9.99. The predicted molar refractivity (Wildman–Crippen MR) is 65.0 cm³/mol. The summed E-state index contributed by atoms with van der Waals surface area (Å²) in [5.41, 5.74) is 1.06. The molecule has 1 fully saturated rings. The van der Waals surface area contributed by atoms with E-state index in [2.05, 4.69) is 0 Å². The second kappa shape index (κ2) is 5.13. The molecule has 5 heteroatoms. The highest BCUT2D eigenvalue weighted by Crippen LogP contribution is 2.32. The van der Waals surface area contributed by atoms with Crippen LogP contribution in [-0.4, -0.2) is 36.3 Å². The molecule has 2 aliphatic rings. The number of ether oxygens (including phenoxy) is 3. The summed E-state index contributed by atoms with van der Waals surface area (Å²) in [5, 5.41) is 10.1. The van der Waals surface area contributed by atoms with Crippen molar-refractivity contribution in [3.05, 3.63) is 47.7 Å². The van der Waals surface area contributed by atoms with Gasteiger partial charge in [-0.05, 0) is 0 Å². The van der Waals surface area contributed by atoms with Gasteiger partial charge in [0, 0.05) is 5.56 Å². The molecule has 2 heterocycles. The molecule has 100 valence electrons. The summed E-state index contributed by atoms with van der Waals surface area (Å²) in [6.07, 6.45) is -0.660. The first-order valence-corrected chi connectivity index (χ1v) is 6.10.